The second-order valence-corrected chi connectivity index (χ2v) is 4.92. The third-order valence-electron chi connectivity index (χ3n) is 2.46. The summed E-state index contributed by atoms with van der Waals surface area (Å²) in [5, 5.41) is 5.62. The Bertz CT molecular complexity index is 338. The Morgan fingerprint density at radius 3 is 3.00 bits per heavy atom. The van der Waals surface area contributed by atoms with E-state index in [1.807, 2.05) is 0 Å². The molecular formula is C12H21N3OS. The first-order valence-corrected chi connectivity index (χ1v) is 7.08. The van der Waals surface area contributed by atoms with Gasteiger partial charge in [-0.15, -0.1) is 11.3 Å². The normalized spacial score (nSPS) is 10.5. The van der Waals surface area contributed by atoms with Crippen LogP contribution in [0.1, 0.15) is 48.1 Å². The molecule has 1 rings (SSSR count). The SMILES string of the molecule is CCCCCCNC(=O)c1csc(CCN)n1. The number of carbonyl (C=O) groups is 1. The van der Waals surface area contributed by atoms with E-state index in [2.05, 4.69) is 17.2 Å². The summed E-state index contributed by atoms with van der Waals surface area (Å²) in [4.78, 5) is 15.9. The minimum absolute atomic E-state index is 0.0685. The first kappa shape index (κ1) is 14.1. The molecule has 0 unspecified atom stereocenters. The van der Waals surface area contributed by atoms with Gasteiger partial charge in [0.1, 0.15) is 5.69 Å². The van der Waals surface area contributed by atoms with Crippen molar-refractivity contribution in [1.82, 2.24) is 10.3 Å². The number of hydrogen-bond donors (Lipinski definition) is 2. The molecule has 0 saturated heterocycles. The fourth-order valence-electron chi connectivity index (χ4n) is 1.50. The van der Waals surface area contributed by atoms with Gasteiger partial charge in [-0.2, -0.15) is 0 Å². The number of nitrogens with zero attached hydrogens (tertiary/aromatic N) is 1. The Hall–Kier alpha value is -0.940. The zero-order valence-electron chi connectivity index (χ0n) is 10.4. The van der Waals surface area contributed by atoms with E-state index in [0.29, 0.717) is 12.2 Å². The van der Waals surface area contributed by atoms with Crippen molar-refractivity contribution in [3.05, 3.63) is 16.1 Å². The van der Waals surface area contributed by atoms with Crippen molar-refractivity contribution in [3.8, 4) is 0 Å². The third-order valence-corrected chi connectivity index (χ3v) is 3.37. The predicted octanol–water partition coefficient (Wildman–Crippen LogP) is 1.95. The smallest absolute Gasteiger partial charge is 0.270 e. The van der Waals surface area contributed by atoms with E-state index in [0.717, 1.165) is 24.4 Å². The summed E-state index contributed by atoms with van der Waals surface area (Å²) in [7, 11) is 0. The lowest BCUT2D eigenvalue weighted by Crippen LogP contribution is -2.24. The highest BCUT2D eigenvalue weighted by Crippen LogP contribution is 2.09. The van der Waals surface area contributed by atoms with Gasteiger partial charge in [-0.1, -0.05) is 26.2 Å². The van der Waals surface area contributed by atoms with Crippen LogP contribution in [0, 0.1) is 0 Å². The number of nitrogens with one attached hydrogen (secondary N) is 1. The van der Waals surface area contributed by atoms with E-state index >= 15 is 0 Å². The number of hydrogen-bond acceptors (Lipinski definition) is 4. The predicted molar refractivity (Wildman–Crippen MR) is 71.3 cm³/mol. The van der Waals surface area contributed by atoms with E-state index in [1.54, 1.807) is 5.38 Å². The van der Waals surface area contributed by atoms with E-state index in [9.17, 15) is 4.79 Å². The highest BCUT2D eigenvalue weighted by molar-refractivity contribution is 7.09. The molecule has 96 valence electrons. The van der Waals surface area contributed by atoms with E-state index in [1.165, 1.54) is 30.6 Å². The van der Waals surface area contributed by atoms with Crippen molar-refractivity contribution >= 4 is 17.2 Å². The first-order chi connectivity index (χ1) is 8.27. The van der Waals surface area contributed by atoms with Crippen molar-refractivity contribution in [2.75, 3.05) is 13.1 Å². The van der Waals surface area contributed by atoms with E-state index < -0.39 is 0 Å². The zero-order chi connectivity index (χ0) is 12.5. The number of nitrogens with two attached hydrogens (primary N) is 1. The second-order valence-electron chi connectivity index (χ2n) is 3.98. The standard InChI is InChI=1S/C12H21N3OS/c1-2-3-4-5-8-14-12(16)10-9-17-11(15-10)6-7-13/h9H,2-8,13H2,1H3,(H,14,16). The van der Waals surface area contributed by atoms with Crippen LogP contribution in [0.4, 0.5) is 0 Å². The van der Waals surface area contributed by atoms with Crippen molar-refractivity contribution < 1.29 is 4.79 Å². The number of carbonyl (C=O) groups excluding carboxylic acids is 1. The third kappa shape index (κ3) is 5.28. The van der Waals surface area contributed by atoms with Crippen LogP contribution >= 0.6 is 11.3 Å². The van der Waals surface area contributed by atoms with Crippen LogP contribution in [0.5, 0.6) is 0 Å². The molecule has 1 heterocycles. The Labute approximate surface area is 107 Å². The lowest BCUT2D eigenvalue weighted by atomic mass is 10.2. The molecule has 0 aliphatic heterocycles. The molecule has 0 aliphatic carbocycles. The average Bonchev–Trinajstić information content (AvgIpc) is 2.78. The largest absolute Gasteiger partial charge is 0.351 e. The molecule has 3 N–H and O–H groups in total. The van der Waals surface area contributed by atoms with Crippen LogP contribution in [0.2, 0.25) is 0 Å². The zero-order valence-corrected chi connectivity index (χ0v) is 11.2. The fourth-order valence-corrected chi connectivity index (χ4v) is 2.29. The Morgan fingerprint density at radius 2 is 2.29 bits per heavy atom. The van der Waals surface area contributed by atoms with E-state index in [-0.39, 0.29) is 5.91 Å². The molecule has 1 aromatic rings. The average molecular weight is 255 g/mol. The van der Waals surface area contributed by atoms with Gasteiger partial charge in [0.05, 0.1) is 5.01 Å². The molecule has 4 nitrogen and oxygen atoms in total. The molecule has 1 amide bonds. The molecule has 0 saturated carbocycles. The molecule has 0 radical (unpaired) electrons. The van der Waals surface area contributed by atoms with Crippen LogP contribution in [-0.2, 0) is 6.42 Å². The number of rotatable bonds is 8. The molecule has 0 spiro atoms. The summed E-state index contributed by atoms with van der Waals surface area (Å²) in [5.74, 6) is -0.0685. The molecule has 5 heteroatoms. The van der Waals surface area contributed by atoms with Crippen molar-refractivity contribution in [2.45, 2.75) is 39.0 Å². The maximum absolute atomic E-state index is 11.7. The monoisotopic (exact) mass is 255 g/mol. The molecule has 1 aromatic heterocycles. The highest BCUT2D eigenvalue weighted by Gasteiger charge is 2.09. The topological polar surface area (TPSA) is 68.0 Å². The van der Waals surface area contributed by atoms with Crippen molar-refractivity contribution in [1.29, 1.82) is 0 Å². The number of unbranched alkanes of at least 4 members (excludes halogenated alkanes) is 3. The maximum atomic E-state index is 11.7. The van der Waals surface area contributed by atoms with Gasteiger partial charge in [0.25, 0.3) is 5.91 Å². The summed E-state index contributed by atoms with van der Waals surface area (Å²) in [6, 6.07) is 0. The summed E-state index contributed by atoms with van der Waals surface area (Å²) < 4.78 is 0. The summed E-state index contributed by atoms with van der Waals surface area (Å²) in [6.07, 6.45) is 5.40. The summed E-state index contributed by atoms with van der Waals surface area (Å²) in [5.41, 5.74) is 5.96. The van der Waals surface area contributed by atoms with Gasteiger partial charge in [-0.05, 0) is 13.0 Å². The Kier molecular flexibility index (Phi) is 6.81. The fraction of sp³-hybridized carbons (Fsp3) is 0.667. The number of thiazole rings is 1. The quantitative estimate of drug-likeness (QED) is 0.698. The van der Waals surface area contributed by atoms with Gasteiger partial charge in [-0.25, -0.2) is 4.98 Å². The molecule has 0 aliphatic rings. The van der Waals surface area contributed by atoms with Gasteiger partial charge < -0.3 is 11.1 Å². The van der Waals surface area contributed by atoms with E-state index in [4.69, 9.17) is 5.73 Å². The minimum atomic E-state index is -0.0685. The van der Waals surface area contributed by atoms with Gasteiger partial charge in [0, 0.05) is 18.3 Å². The van der Waals surface area contributed by atoms with Gasteiger partial charge in [0.2, 0.25) is 0 Å². The van der Waals surface area contributed by atoms with Crippen LogP contribution in [-0.4, -0.2) is 24.0 Å². The van der Waals surface area contributed by atoms with Crippen LogP contribution in [0.15, 0.2) is 5.38 Å². The Morgan fingerprint density at radius 1 is 1.47 bits per heavy atom. The highest BCUT2D eigenvalue weighted by atomic mass is 32.1. The molecule has 0 bridgehead atoms. The molecule has 0 aromatic carbocycles. The number of aromatic nitrogens is 1. The Balaban J connectivity index is 2.26. The lowest BCUT2D eigenvalue weighted by molar-refractivity contribution is 0.0948. The van der Waals surface area contributed by atoms with Gasteiger partial charge in [-0.3, -0.25) is 4.79 Å². The van der Waals surface area contributed by atoms with Crippen LogP contribution < -0.4 is 11.1 Å². The van der Waals surface area contributed by atoms with Gasteiger partial charge >= 0.3 is 0 Å². The van der Waals surface area contributed by atoms with Crippen molar-refractivity contribution in [2.24, 2.45) is 5.73 Å². The molecule has 0 atom stereocenters. The van der Waals surface area contributed by atoms with Crippen LogP contribution in [0.25, 0.3) is 0 Å². The van der Waals surface area contributed by atoms with Crippen LogP contribution in [0.3, 0.4) is 0 Å². The maximum Gasteiger partial charge on any atom is 0.270 e. The first-order valence-electron chi connectivity index (χ1n) is 6.20. The lowest BCUT2D eigenvalue weighted by Gasteiger charge is -2.02. The summed E-state index contributed by atoms with van der Waals surface area (Å²) >= 11 is 1.50. The minimum Gasteiger partial charge on any atom is -0.351 e. The molecule has 0 fully saturated rings. The molecular weight excluding hydrogens is 234 g/mol. The number of amides is 1. The molecule has 17 heavy (non-hydrogen) atoms. The van der Waals surface area contributed by atoms with Crippen molar-refractivity contribution in [3.63, 3.8) is 0 Å². The second kappa shape index (κ2) is 8.20. The summed E-state index contributed by atoms with van der Waals surface area (Å²) in [6.45, 7) is 3.49. The van der Waals surface area contributed by atoms with Gasteiger partial charge in [0.15, 0.2) is 0 Å².